The van der Waals surface area contributed by atoms with Gasteiger partial charge in [-0.25, -0.2) is 14.8 Å². The number of methoxy groups -OCH3 is 1. The summed E-state index contributed by atoms with van der Waals surface area (Å²) >= 11 is 0. The standard InChI is InChI=1S/C7H5N3O2/c1-12-7(11)6-5(2-8)3-9-4-10-6/h3-4H,1H3. The summed E-state index contributed by atoms with van der Waals surface area (Å²) in [6.07, 6.45) is 2.45. The van der Waals surface area contributed by atoms with E-state index in [1.165, 1.54) is 19.6 Å². The van der Waals surface area contributed by atoms with Gasteiger partial charge < -0.3 is 4.74 Å². The second-order valence-electron chi connectivity index (χ2n) is 1.89. The molecular formula is C7H5N3O2. The van der Waals surface area contributed by atoms with Gasteiger partial charge in [0, 0.05) is 6.20 Å². The van der Waals surface area contributed by atoms with Crippen LogP contribution in [-0.4, -0.2) is 23.0 Å². The van der Waals surface area contributed by atoms with Gasteiger partial charge in [-0.15, -0.1) is 0 Å². The van der Waals surface area contributed by atoms with Crippen molar-refractivity contribution in [1.29, 1.82) is 5.26 Å². The lowest BCUT2D eigenvalue weighted by molar-refractivity contribution is 0.0593. The van der Waals surface area contributed by atoms with E-state index in [4.69, 9.17) is 5.26 Å². The summed E-state index contributed by atoms with van der Waals surface area (Å²) in [5.74, 6) is -0.631. The SMILES string of the molecule is COC(=O)c1ncncc1C#N. The minimum Gasteiger partial charge on any atom is -0.464 e. The molecule has 0 atom stereocenters. The summed E-state index contributed by atoms with van der Waals surface area (Å²) in [4.78, 5) is 18.1. The summed E-state index contributed by atoms with van der Waals surface area (Å²) in [6, 6.07) is 1.78. The maximum Gasteiger partial charge on any atom is 0.358 e. The molecule has 1 heterocycles. The topological polar surface area (TPSA) is 75.9 Å². The van der Waals surface area contributed by atoms with Gasteiger partial charge >= 0.3 is 5.97 Å². The van der Waals surface area contributed by atoms with Gasteiger partial charge in [0.1, 0.15) is 18.0 Å². The van der Waals surface area contributed by atoms with E-state index in [-0.39, 0.29) is 11.3 Å². The van der Waals surface area contributed by atoms with Crippen molar-refractivity contribution in [2.75, 3.05) is 7.11 Å². The molecule has 5 nitrogen and oxygen atoms in total. The Labute approximate surface area is 68.6 Å². The molecular weight excluding hydrogens is 158 g/mol. The molecule has 60 valence electrons. The van der Waals surface area contributed by atoms with E-state index in [0.717, 1.165) is 0 Å². The molecule has 0 N–H and O–H groups in total. The van der Waals surface area contributed by atoms with Gasteiger partial charge in [-0.2, -0.15) is 5.26 Å². The summed E-state index contributed by atoms with van der Waals surface area (Å²) in [5.41, 5.74) is 0.111. The predicted octanol–water partition coefficient (Wildman–Crippen LogP) is 0.135. The first-order chi connectivity index (χ1) is 5.79. The number of hydrogen-bond acceptors (Lipinski definition) is 5. The minimum atomic E-state index is -0.631. The largest absolute Gasteiger partial charge is 0.464 e. The lowest BCUT2D eigenvalue weighted by atomic mass is 10.2. The van der Waals surface area contributed by atoms with Gasteiger partial charge in [-0.1, -0.05) is 0 Å². The van der Waals surface area contributed by atoms with E-state index < -0.39 is 5.97 Å². The molecule has 1 aromatic rings. The molecule has 0 aromatic carbocycles. The van der Waals surface area contributed by atoms with Crippen LogP contribution in [0.25, 0.3) is 0 Å². The Bertz CT molecular complexity index is 343. The van der Waals surface area contributed by atoms with Crippen LogP contribution in [0.1, 0.15) is 16.1 Å². The summed E-state index contributed by atoms with van der Waals surface area (Å²) in [5, 5.41) is 8.53. The molecule has 0 aliphatic heterocycles. The zero-order valence-electron chi connectivity index (χ0n) is 6.31. The molecule has 1 rings (SSSR count). The Kier molecular flexibility index (Phi) is 2.33. The number of nitrogens with zero attached hydrogens (tertiary/aromatic N) is 3. The van der Waals surface area contributed by atoms with Crippen molar-refractivity contribution in [3.63, 3.8) is 0 Å². The van der Waals surface area contributed by atoms with E-state index >= 15 is 0 Å². The molecule has 0 aliphatic rings. The molecule has 0 radical (unpaired) electrons. The molecule has 0 saturated carbocycles. The van der Waals surface area contributed by atoms with Gasteiger partial charge in [-0.3, -0.25) is 0 Å². The van der Waals surface area contributed by atoms with Crippen LogP contribution in [0.15, 0.2) is 12.5 Å². The fraction of sp³-hybridized carbons (Fsp3) is 0.143. The van der Waals surface area contributed by atoms with Crippen LogP contribution in [0, 0.1) is 11.3 Å². The second-order valence-corrected chi connectivity index (χ2v) is 1.89. The highest BCUT2D eigenvalue weighted by molar-refractivity contribution is 5.89. The van der Waals surface area contributed by atoms with Crippen LogP contribution in [0.5, 0.6) is 0 Å². The monoisotopic (exact) mass is 163 g/mol. The lowest BCUT2D eigenvalue weighted by Crippen LogP contribution is -2.07. The molecule has 0 amide bonds. The third kappa shape index (κ3) is 1.37. The first-order valence-corrected chi connectivity index (χ1v) is 3.08. The Morgan fingerprint density at radius 3 is 3.08 bits per heavy atom. The Morgan fingerprint density at radius 2 is 2.50 bits per heavy atom. The van der Waals surface area contributed by atoms with Crippen molar-refractivity contribution in [2.24, 2.45) is 0 Å². The number of esters is 1. The summed E-state index contributed by atoms with van der Waals surface area (Å²) in [7, 11) is 1.23. The Hall–Kier alpha value is -1.96. The molecule has 0 unspecified atom stereocenters. The number of carbonyl (C=O) groups is 1. The van der Waals surface area contributed by atoms with Crippen LogP contribution in [0.2, 0.25) is 0 Å². The molecule has 0 fully saturated rings. The van der Waals surface area contributed by atoms with Gasteiger partial charge in [0.15, 0.2) is 5.69 Å². The summed E-state index contributed by atoms with van der Waals surface area (Å²) < 4.78 is 4.40. The third-order valence-electron chi connectivity index (χ3n) is 1.21. The third-order valence-corrected chi connectivity index (χ3v) is 1.21. The molecule has 12 heavy (non-hydrogen) atoms. The Balaban J connectivity index is 3.16. The van der Waals surface area contributed by atoms with Crippen LogP contribution in [0.3, 0.4) is 0 Å². The zero-order chi connectivity index (χ0) is 8.97. The van der Waals surface area contributed by atoms with Crippen molar-refractivity contribution >= 4 is 5.97 Å². The van der Waals surface area contributed by atoms with Gasteiger partial charge in [0.05, 0.1) is 7.11 Å². The average Bonchev–Trinajstić information content (AvgIpc) is 2.16. The average molecular weight is 163 g/mol. The van der Waals surface area contributed by atoms with Crippen LogP contribution >= 0.6 is 0 Å². The lowest BCUT2D eigenvalue weighted by Gasteiger charge is -1.97. The Morgan fingerprint density at radius 1 is 1.75 bits per heavy atom. The molecule has 0 bridgehead atoms. The summed E-state index contributed by atoms with van der Waals surface area (Å²) in [6.45, 7) is 0. The van der Waals surface area contributed by atoms with Crippen molar-refractivity contribution in [3.05, 3.63) is 23.8 Å². The van der Waals surface area contributed by atoms with E-state index in [2.05, 4.69) is 14.7 Å². The molecule has 0 saturated heterocycles. The number of rotatable bonds is 1. The molecule has 1 aromatic heterocycles. The molecule has 5 heteroatoms. The number of carbonyl (C=O) groups excluding carboxylic acids is 1. The van der Waals surface area contributed by atoms with Crippen molar-refractivity contribution in [2.45, 2.75) is 0 Å². The molecule has 0 spiro atoms. The number of nitriles is 1. The second kappa shape index (κ2) is 3.44. The normalized spacial score (nSPS) is 8.67. The first kappa shape index (κ1) is 8.14. The molecule has 0 aliphatic carbocycles. The maximum absolute atomic E-state index is 10.9. The fourth-order valence-electron chi connectivity index (χ4n) is 0.671. The van der Waals surface area contributed by atoms with E-state index in [0.29, 0.717) is 0 Å². The van der Waals surface area contributed by atoms with Crippen LogP contribution < -0.4 is 0 Å². The first-order valence-electron chi connectivity index (χ1n) is 3.08. The highest BCUT2D eigenvalue weighted by Gasteiger charge is 2.12. The van der Waals surface area contributed by atoms with Crippen molar-refractivity contribution in [1.82, 2.24) is 9.97 Å². The maximum atomic E-state index is 10.9. The fourth-order valence-corrected chi connectivity index (χ4v) is 0.671. The van der Waals surface area contributed by atoms with Crippen LogP contribution in [0.4, 0.5) is 0 Å². The van der Waals surface area contributed by atoms with Crippen LogP contribution in [-0.2, 0) is 4.74 Å². The number of aromatic nitrogens is 2. The smallest absolute Gasteiger partial charge is 0.358 e. The quantitative estimate of drug-likeness (QED) is 0.550. The zero-order valence-corrected chi connectivity index (χ0v) is 6.31. The van der Waals surface area contributed by atoms with Gasteiger partial charge in [0.2, 0.25) is 0 Å². The van der Waals surface area contributed by atoms with Gasteiger partial charge in [0.25, 0.3) is 0 Å². The van der Waals surface area contributed by atoms with Crippen molar-refractivity contribution in [3.8, 4) is 6.07 Å². The van der Waals surface area contributed by atoms with E-state index in [1.54, 1.807) is 6.07 Å². The minimum absolute atomic E-state index is 0.00463. The number of ether oxygens (including phenoxy) is 1. The van der Waals surface area contributed by atoms with Gasteiger partial charge in [-0.05, 0) is 0 Å². The number of hydrogen-bond donors (Lipinski definition) is 0. The highest BCUT2D eigenvalue weighted by atomic mass is 16.5. The highest BCUT2D eigenvalue weighted by Crippen LogP contribution is 2.02. The predicted molar refractivity (Wildman–Crippen MR) is 38.1 cm³/mol. The van der Waals surface area contributed by atoms with Crippen molar-refractivity contribution < 1.29 is 9.53 Å². The van der Waals surface area contributed by atoms with E-state index in [9.17, 15) is 4.79 Å². The van der Waals surface area contributed by atoms with E-state index in [1.807, 2.05) is 0 Å².